The van der Waals surface area contributed by atoms with Gasteiger partial charge in [-0.3, -0.25) is 36.7 Å². The van der Waals surface area contributed by atoms with E-state index in [0.717, 1.165) is 64.2 Å². The molecule has 0 saturated carbocycles. The summed E-state index contributed by atoms with van der Waals surface area (Å²) < 4.78 is 67.8. The van der Waals surface area contributed by atoms with Crippen LogP contribution in [0.3, 0.4) is 0 Å². The number of phosphoric acid groups is 3. The Morgan fingerprint density at radius 3 is 1.25 bits per heavy atom. The maximum atomic E-state index is 12.6. The Balaban J connectivity index is 4.57. The van der Waals surface area contributed by atoms with Gasteiger partial charge in [0.1, 0.15) is 6.10 Å². The SMILES string of the molecule is CC(C)(C)CCCCC(=O)NCCCCCCOP(=O)(O)OCC(COP(=O)(O)OCCCCCCNC(=O)CCCCC(C)(C)C)OP(=O)(O)OC(C)(C)C. The first-order chi connectivity index (χ1) is 25.7. The van der Waals surface area contributed by atoms with Crippen molar-refractivity contribution in [3.8, 4) is 0 Å². The summed E-state index contributed by atoms with van der Waals surface area (Å²) in [5.41, 5.74) is -0.597. The minimum Gasteiger partial charge on any atom is -0.356 e. The maximum absolute atomic E-state index is 12.6. The molecule has 0 spiro atoms. The van der Waals surface area contributed by atoms with Gasteiger partial charge in [0.05, 0.1) is 32.0 Å². The summed E-state index contributed by atoms with van der Waals surface area (Å²) in [6.45, 7) is 16.8. The van der Waals surface area contributed by atoms with Crippen LogP contribution in [0.4, 0.5) is 0 Å². The highest BCUT2D eigenvalue weighted by atomic mass is 31.2. The number of unbranched alkanes of at least 4 members (excludes halogenated alkanes) is 8. The molecule has 0 aromatic heterocycles. The molecular weight excluding hydrogens is 789 g/mol. The largest absolute Gasteiger partial charge is 0.473 e. The molecule has 0 saturated heterocycles. The number of carbonyl (C=O) groups excluding carboxylic acids is 2. The highest BCUT2D eigenvalue weighted by Crippen LogP contribution is 2.51. The second kappa shape index (κ2) is 27.9. The van der Waals surface area contributed by atoms with Crippen molar-refractivity contribution in [1.82, 2.24) is 10.6 Å². The zero-order valence-electron chi connectivity index (χ0n) is 35.8. The zero-order chi connectivity index (χ0) is 42.9. The lowest BCUT2D eigenvalue weighted by atomic mass is 9.89. The summed E-state index contributed by atoms with van der Waals surface area (Å²) in [6.07, 6.45) is 10.5. The molecule has 0 radical (unpaired) electrons. The van der Waals surface area contributed by atoms with Gasteiger partial charge in [-0.25, -0.2) is 13.7 Å². The maximum Gasteiger partial charge on any atom is 0.473 e. The number of nitrogens with one attached hydrogen (secondary N) is 2. The average Bonchev–Trinajstić information content (AvgIpc) is 3.03. The van der Waals surface area contributed by atoms with E-state index in [1.807, 2.05) is 0 Å². The van der Waals surface area contributed by atoms with Crippen molar-refractivity contribution in [2.24, 2.45) is 10.8 Å². The summed E-state index contributed by atoms with van der Waals surface area (Å²) >= 11 is 0. The highest BCUT2D eigenvalue weighted by molar-refractivity contribution is 7.48. The summed E-state index contributed by atoms with van der Waals surface area (Å²) in [4.78, 5) is 54.6. The average molecular weight is 867 g/mol. The summed E-state index contributed by atoms with van der Waals surface area (Å²) in [7, 11) is -14.1. The quantitative estimate of drug-likeness (QED) is 0.0306. The minimum atomic E-state index is -4.79. The van der Waals surface area contributed by atoms with Crippen molar-refractivity contribution in [3.63, 3.8) is 0 Å². The standard InChI is InChI=1S/C37H77N2O14P3/c1-35(2,3)24-16-14-22-33(40)38-26-18-10-12-20-28-48-54(42,43)50-30-32(52-56(46,47)53-37(7,8)9)31-51-55(44,45)49-29-21-13-11-19-27-39-34(41)23-15-17-25-36(4,5)6/h32H,10-31H2,1-9H3,(H,38,40)(H,39,41)(H,42,43)(H,44,45)(H,46,47). The predicted molar refractivity (Wildman–Crippen MR) is 218 cm³/mol. The smallest absolute Gasteiger partial charge is 0.356 e. The van der Waals surface area contributed by atoms with E-state index in [-0.39, 0.29) is 35.9 Å². The molecule has 5 N–H and O–H groups in total. The third-order valence-electron chi connectivity index (χ3n) is 7.98. The van der Waals surface area contributed by atoms with E-state index in [9.17, 15) is 38.0 Å². The van der Waals surface area contributed by atoms with Crippen molar-refractivity contribution in [1.29, 1.82) is 0 Å². The molecule has 0 fully saturated rings. The van der Waals surface area contributed by atoms with Crippen molar-refractivity contribution < 1.29 is 65.1 Å². The fourth-order valence-corrected chi connectivity index (χ4v) is 7.94. The van der Waals surface area contributed by atoms with Crippen LogP contribution >= 0.6 is 23.5 Å². The van der Waals surface area contributed by atoms with Crippen LogP contribution in [0.25, 0.3) is 0 Å². The Kier molecular flexibility index (Phi) is 27.6. The molecule has 0 rings (SSSR count). The first kappa shape index (κ1) is 55.3. The van der Waals surface area contributed by atoms with E-state index in [4.69, 9.17) is 27.1 Å². The van der Waals surface area contributed by atoms with Crippen LogP contribution in [0.5, 0.6) is 0 Å². The predicted octanol–water partition coefficient (Wildman–Crippen LogP) is 9.12. The normalized spacial score (nSPS) is 16.4. The lowest BCUT2D eigenvalue weighted by Crippen LogP contribution is -2.27. The van der Waals surface area contributed by atoms with Crippen LogP contribution in [0.15, 0.2) is 0 Å². The lowest BCUT2D eigenvalue weighted by molar-refractivity contribution is -0.122. The number of phosphoric ester groups is 3. The second-order valence-electron chi connectivity index (χ2n) is 17.7. The molecule has 0 heterocycles. The van der Waals surface area contributed by atoms with Crippen molar-refractivity contribution in [2.45, 2.75) is 177 Å². The molecule has 2 amide bonds. The van der Waals surface area contributed by atoms with Crippen molar-refractivity contribution in [2.75, 3.05) is 39.5 Å². The fourth-order valence-electron chi connectivity index (χ4n) is 5.13. The molecular formula is C37H77N2O14P3. The summed E-state index contributed by atoms with van der Waals surface area (Å²) in [5, 5.41) is 5.81. The number of hydrogen-bond donors (Lipinski definition) is 5. The molecule has 19 heteroatoms. The Morgan fingerprint density at radius 2 is 0.893 bits per heavy atom. The van der Waals surface area contributed by atoms with Gasteiger partial charge in [0.2, 0.25) is 11.8 Å². The molecule has 16 nitrogen and oxygen atoms in total. The van der Waals surface area contributed by atoms with Gasteiger partial charge in [0.15, 0.2) is 0 Å². The topological polar surface area (TPSA) is 225 Å². The summed E-state index contributed by atoms with van der Waals surface area (Å²) in [5.74, 6) is 0.0626. The molecule has 3 unspecified atom stereocenters. The van der Waals surface area contributed by atoms with Crippen LogP contribution in [-0.4, -0.2) is 77.7 Å². The van der Waals surface area contributed by atoms with Gasteiger partial charge in [0.25, 0.3) is 0 Å². The molecule has 0 aliphatic carbocycles. The van der Waals surface area contributed by atoms with Crippen molar-refractivity contribution in [3.05, 3.63) is 0 Å². The van der Waals surface area contributed by atoms with E-state index >= 15 is 0 Å². The van der Waals surface area contributed by atoms with Crippen LogP contribution in [0, 0.1) is 10.8 Å². The van der Waals surface area contributed by atoms with E-state index in [0.29, 0.717) is 51.6 Å². The van der Waals surface area contributed by atoms with Gasteiger partial charge >= 0.3 is 23.5 Å². The molecule has 0 aromatic rings. The van der Waals surface area contributed by atoms with Crippen molar-refractivity contribution >= 4 is 35.3 Å². The molecule has 0 bridgehead atoms. The minimum absolute atomic E-state index is 0.0313. The van der Waals surface area contributed by atoms with Gasteiger partial charge in [-0.2, -0.15) is 0 Å². The van der Waals surface area contributed by atoms with Crippen LogP contribution in [0.2, 0.25) is 0 Å². The lowest BCUT2D eigenvalue weighted by Gasteiger charge is -2.26. The van der Waals surface area contributed by atoms with Gasteiger partial charge in [-0.1, -0.05) is 80.1 Å². The molecule has 3 atom stereocenters. The molecule has 56 heavy (non-hydrogen) atoms. The fraction of sp³-hybridized carbons (Fsp3) is 0.946. The Hall–Kier alpha value is -0.730. The zero-order valence-corrected chi connectivity index (χ0v) is 38.5. The van der Waals surface area contributed by atoms with E-state index in [1.54, 1.807) is 0 Å². The Bertz CT molecular complexity index is 1160. The first-order valence-corrected chi connectivity index (χ1v) is 24.7. The van der Waals surface area contributed by atoms with E-state index in [1.165, 1.54) is 20.8 Å². The molecule has 0 aliphatic heterocycles. The first-order valence-electron chi connectivity index (χ1n) is 20.2. The number of rotatable bonds is 33. The van der Waals surface area contributed by atoms with Gasteiger partial charge < -0.3 is 25.3 Å². The van der Waals surface area contributed by atoms with Gasteiger partial charge in [0, 0.05) is 25.9 Å². The van der Waals surface area contributed by atoms with Crippen LogP contribution in [0.1, 0.15) is 165 Å². The number of carbonyl (C=O) groups is 2. The third kappa shape index (κ3) is 37.5. The second-order valence-corrected chi connectivity index (χ2v) is 21.9. The molecule has 334 valence electrons. The molecule has 0 aromatic carbocycles. The summed E-state index contributed by atoms with van der Waals surface area (Å²) in [6, 6.07) is 0. The third-order valence-corrected chi connectivity index (χ3v) is 11.3. The highest BCUT2D eigenvalue weighted by Gasteiger charge is 2.35. The molecule has 0 aliphatic rings. The monoisotopic (exact) mass is 866 g/mol. The van der Waals surface area contributed by atoms with Gasteiger partial charge in [-0.05, 0) is 83.0 Å². The van der Waals surface area contributed by atoms with Crippen LogP contribution < -0.4 is 10.6 Å². The van der Waals surface area contributed by atoms with E-state index < -0.39 is 48.4 Å². The Morgan fingerprint density at radius 1 is 0.518 bits per heavy atom. The number of hydrogen-bond acceptors (Lipinski definition) is 11. The van der Waals surface area contributed by atoms with E-state index in [2.05, 4.69) is 52.2 Å². The Labute approximate surface area is 337 Å². The number of amides is 2. The van der Waals surface area contributed by atoms with Gasteiger partial charge in [-0.15, -0.1) is 0 Å². The van der Waals surface area contributed by atoms with Crippen LogP contribution in [-0.2, 0) is 50.4 Å².